The first-order valence-electron chi connectivity index (χ1n) is 9.47. The molecule has 0 spiro atoms. The summed E-state index contributed by atoms with van der Waals surface area (Å²) in [6, 6.07) is 16.0. The van der Waals surface area contributed by atoms with Crippen LogP contribution in [0.3, 0.4) is 0 Å². The van der Waals surface area contributed by atoms with Crippen LogP contribution in [0.15, 0.2) is 48.5 Å². The number of piperazine rings is 1. The molecule has 1 aliphatic heterocycles. The molecule has 0 unspecified atom stereocenters. The van der Waals surface area contributed by atoms with E-state index in [9.17, 15) is 4.79 Å². The summed E-state index contributed by atoms with van der Waals surface area (Å²) in [6.45, 7) is 11.2. The lowest BCUT2D eigenvalue weighted by molar-refractivity contribution is -0.122. The number of hydrogen-bond acceptors (Lipinski definition) is 3. The molecule has 0 aliphatic carbocycles. The van der Waals surface area contributed by atoms with E-state index in [1.807, 2.05) is 30.3 Å². The highest BCUT2D eigenvalue weighted by atomic mass is 16.2. The first-order chi connectivity index (χ1) is 12.6. The van der Waals surface area contributed by atoms with Crippen LogP contribution in [0.25, 0.3) is 0 Å². The minimum absolute atomic E-state index is 0.0474. The number of anilines is 1. The van der Waals surface area contributed by atoms with Gasteiger partial charge in [-0.2, -0.15) is 0 Å². The SMILES string of the molecule is CCN1CCN([C@H](C(=O)Nc2cc(C)cc(C)c2)c2ccccc2)CC1. The molecule has 0 radical (unpaired) electrons. The number of nitrogens with one attached hydrogen (secondary N) is 1. The number of carbonyl (C=O) groups is 1. The molecule has 1 atom stereocenters. The smallest absolute Gasteiger partial charge is 0.246 e. The Morgan fingerprint density at radius 2 is 1.62 bits per heavy atom. The lowest BCUT2D eigenvalue weighted by Gasteiger charge is -2.38. The van der Waals surface area contributed by atoms with Crippen molar-refractivity contribution < 1.29 is 4.79 Å². The van der Waals surface area contributed by atoms with Gasteiger partial charge in [0, 0.05) is 31.9 Å². The number of nitrogens with zero attached hydrogens (tertiary/aromatic N) is 2. The first-order valence-corrected chi connectivity index (χ1v) is 9.47. The van der Waals surface area contributed by atoms with E-state index in [1.165, 1.54) is 0 Å². The Morgan fingerprint density at radius 1 is 1.00 bits per heavy atom. The molecule has 1 fully saturated rings. The number of amides is 1. The van der Waals surface area contributed by atoms with Gasteiger partial charge in [0.25, 0.3) is 0 Å². The molecule has 2 aromatic carbocycles. The summed E-state index contributed by atoms with van der Waals surface area (Å²) in [5, 5.41) is 3.15. The molecular weight excluding hydrogens is 322 g/mol. The van der Waals surface area contributed by atoms with Gasteiger partial charge in [0.05, 0.1) is 0 Å². The third-order valence-corrected chi connectivity index (χ3v) is 5.07. The van der Waals surface area contributed by atoms with E-state index in [-0.39, 0.29) is 11.9 Å². The minimum atomic E-state index is -0.254. The average molecular weight is 351 g/mol. The molecule has 0 aromatic heterocycles. The molecule has 0 bridgehead atoms. The Kier molecular flexibility index (Phi) is 6.07. The van der Waals surface area contributed by atoms with Crippen molar-refractivity contribution in [2.45, 2.75) is 26.8 Å². The molecule has 1 amide bonds. The molecule has 3 rings (SSSR count). The lowest BCUT2D eigenvalue weighted by Crippen LogP contribution is -2.49. The second-order valence-electron chi connectivity index (χ2n) is 7.15. The van der Waals surface area contributed by atoms with Crippen molar-refractivity contribution >= 4 is 11.6 Å². The van der Waals surface area contributed by atoms with Gasteiger partial charge in [-0.05, 0) is 49.2 Å². The zero-order chi connectivity index (χ0) is 18.5. The van der Waals surface area contributed by atoms with Crippen molar-refractivity contribution in [2.75, 3.05) is 38.0 Å². The first kappa shape index (κ1) is 18.6. The van der Waals surface area contributed by atoms with Crippen LogP contribution in [0.1, 0.15) is 29.7 Å². The van der Waals surface area contributed by atoms with Crippen LogP contribution in [0, 0.1) is 13.8 Å². The summed E-state index contributed by atoms with van der Waals surface area (Å²) in [6.07, 6.45) is 0. The fourth-order valence-electron chi connectivity index (χ4n) is 3.76. The van der Waals surface area contributed by atoms with E-state index < -0.39 is 0 Å². The van der Waals surface area contributed by atoms with Crippen LogP contribution >= 0.6 is 0 Å². The highest BCUT2D eigenvalue weighted by Gasteiger charge is 2.30. The molecule has 1 heterocycles. The van der Waals surface area contributed by atoms with Crippen molar-refractivity contribution in [1.29, 1.82) is 0 Å². The molecular formula is C22H29N3O. The zero-order valence-electron chi connectivity index (χ0n) is 16.0. The van der Waals surface area contributed by atoms with Crippen LogP contribution in [0.2, 0.25) is 0 Å². The summed E-state index contributed by atoms with van der Waals surface area (Å²) in [7, 11) is 0. The number of aryl methyl sites for hydroxylation is 2. The molecule has 138 valence electrons. The maximum atomic E-state index is 13.2. The van der Waals surface area contributed by atoms with E-state index in [2.05, 4.69) is 54.1 Å². The molecule has 4 heteroatoms. The van der Waals surface area contributed by atoms with Crippen LogP contribution < -0.4 is 5.32 Å². The predicted molar refractivity (Wildman–Crippen MR) is 107 cm³/mol. The maximum Gasteiger partial charge on any atom is 0.246 e. The predicted octanol–water partition coefficient (Wildman–Crippen LogP) is 3.62. The third-order valence-electron chi connectivity index (χ3n) is 5.07. The van der Waals surface area contributed by atoms with Gasteiger partial charge in [0.2, 0.25) is 5.91 Å². The van der Waals surface area contributed by atoms with Gasteiger partial charge in [0.1, 0.15) is 6.04 Å². The average Bonchev–Trinajstić information content (AvgIpc) is 2.62. The highest BCUT2D eigenvalue weighted by molar-refractivity contribution is 5.95. The van der Waals surface area contributed by atoms with Gasteiger partial charge >= 0.3 is 0 Å². The van der Waals surface area contributed by atoms with Gasteiger partial charge < -0.3 is 10.2 Å². The van der Waals surface area contributed by atoms with Gasteiger partial charge in [-0.1, -0.05) is 43.3 Å². The van der Waals surface area contributed by atoms with Crippen molar-refractivity contribution in [2.24, 2.45) is 0 Å². The Morgan fingerprint density at radius 3 is 2.19 bits per heavy atom. The fraction of sp³-hybridized carbons (Fsp3) is 0.409. The maximum absolute atomic E-state index is 13.2. The molecule has 1 N–H and O–H groups in total. The number of rotatable bonds is 5. The van der Waals surface area contributed by atoms with Crippen molar-refractivity contribution in [3.05, 3.63) is 65.2 Å². The molecule has 2 aromatic rings. The Balaban J connectivity index is 1.82. The van der Waals surface area contributed by atoms with Crippen molar-refractivity contribution in [1.82, 2.24) is 9.80 Å². The molecule has 4 nitrogen and oxygen atoms in total. The standard InChI is InChI=1S/C22H29N3O/c1-4-24-10-12-25(13-11-24)21(19-8-6-5-7-9-19)22(26)23-20-15-17(2)14-18(3)16-20/h5-9,14-16,21H,4,10-13H2,1-3H3,(H,23,26)/t21-/m0/s1. The molecule has 0 saturated carbocycles. The summed E-state index contributed by atoms with van der Waals surface area (Å²) in [4.78, 5) is 18.0. The zero-order valence-corrected chi connectivity index (χ0v) is 16.0. The minimum Gasteiger partial charge on any atom is -0.324 e. The van der Waals surface area contributed by atoms with Gasteiger partial charge in [-0.25, -0.2) is 0 Å². The van der Waals surface area contributed by atoms with Crippen molar-refractivity contribution in [3.63, 3.8) is 0 Å². The topological polar surface area (TPSA) is 35.6 Å². The van der Waals surface area contributed by atoms with Gasteiger partial charge in [-0.3, -0.25) is 9.69 Å². The fourth-order valence-corrected chi connectivity index (χ4v) is 3.76. The monoisotopic (exact) mass is 351 g/mol. The molecule has 1 aliphatic rings. The summed E-state index contributed by atoms with van der Waals surface area (Å²) >= 11 is 0. The summed E-state index contributed by atoms with van der Waals surface area (Å²) in [5.41, 5.74) is 4.25. The van der Waals surface area contributed by atoms with Gasteiger partial charge in [-0.15, -0.1) is 0 Å². The van der Waals surface area contributed by atoms with Crippen LogP contribution in [0.5, 0.6) is 0 Å². The second-order valence-corrected chi connectivity index (χ2v) is 7.15. The third kappa shape index (κ3) is 4.51. The van der Waals surface area contributed by atoms with E-state index in [1.54, 1.807) is 0 Å². The molecule has 26 heavy (non-hydrogen) atoms. The van der Waals surface area contributed by atoms with Crippen LogP contribution in [0.4, 0.5) is 5.69 Å². The molecule has 1 saturated heterocycles. The van der Waals surface area contributed by atoms with Gasteiger partial charge in [0.15, 0.2) is 0 Å². The normalized spacial score (nSPS) is 17.0. The van der Waals surface area contributed by atoms with E-state index in [0.29, 0.717) is 0 Å². The van der Waals surface area contributed by atoms with Crippen LogP contribution in [-0.4, -0.2) is 48.4 Å². The summed E-state index contributed by atoms with van der Waals surface area (Å²) < 4.78 is 0. The lowest BCUT2D eigenvalue weighted by atomic mass is 10.0. The van der Waals surface area contributed by atoms with Crippen molar-refractivity contribution in [3.8, 4) is 0 Å². The summed E-state index contributed by atoms with van der Waals surface area (Å²) in [5.74, 6) is 0.0474. The number of likely N-dealkylation sites (N-methyl/N-ethyl adjacent to an activating group) is 1. The number of carbonyl (C=O) groups excluding carboxylic acids is 1. The quantitative estimate of drug-likeness (QED) is 0.894. The van der Waals surface area contributed by atoms with E-state index >= 15 is 0 Å². The van der Waals surface area contributed by atoms with E-state index in [0.717, 1.165) is 55.1 Å². The Labute approximate surface area is 156 Å². The Hall–Kier alpha value is -2.17. The van der Waals surface area contributed by atoms with Crippen LogP contribution in [-0.2, 0) is 4.79 Å². The largest absolute Gasteiger partial charge is 0.324 e. The Bertz CT molecular complexity index is 716. The number of hydrogen-bond donors (Lipinski definition) is 1. The number of benzene rings is 2. The second kappa shape index (κ2) is 8.47. The van der Waals surface area contributed by atoms with E-state index in [4.69, 9.17) is 0 Å². The highest BCUT2D eigenvalue weighted by Crippen LogP contribution is 2.25.